The molecule has 0 aliphatic carbocycles. The van der Waals surface area contributed by atoms with Gasteiger partial charge in [-0.1, -0.05) is 24.3 Å². The Hall–Kier alpha value is -2.26. The van der Waals surface area contributed by atoms with Crippen LogP contribution in [0.1, 0.15) is 23.6 Å². The highest BCUT2D eigenvalue weighted by molar-refractivity contribution is 7.89. The van der Waals surface area contributed by atoms with Crippen LogP contribution in [0, 0.1) is 0 Å². The summed E-state index contributed by atoms with van der Waals surface area (Å²) >= 11 is 0. The summed E-state index contributed by atoms with van der Waals surface area (Å²) in [6.45, 7) is 6.65. The number of hydrogen-bond acceptors (Lipinski definition) is 5. The zero-order valence-electron chi connectivity index (χ0n) is 17.1. The fourth-order valence-corrected chi connectivity index (χ4v) is 4.98. The Labute approximate surface area is 177 Å². The van der Waals surface area contributed by atoms with E-state index in [1.54, 1.807) is 23.1 Å². The number of benzene rings is 2. The second-order valence-corrected chi connectivity index (χ2v) is 9.51. The summed E-state index contributed by atoms with van der Waals surface area (Å²) in [6.07, 6.45) is 0.670. The van der Waals surface area contributed by atoms with Gasteiger partial charge in [-0.3, -0.25) is 9.69 Å². The van der Waals surface area contributed by atoms with E-state index in [2.05, 4.69) is 9.62 Å². The van der Waals surface area contributed by atoms with E-state index in [0.717, 1.165) is 49.7 Å². The first-order chi connectivity index (χ1) is 14.4. The molecule has 0 bridgehead atoms. The summed E-state index contributed by atoms with van der Waals surface area (Å²) in [7, 11) is -3.63. The number of morpholine rings is 1. The molecule has 0 atom stereocenters. The summed E-state index contributed by atoms with van der Waals surface area (Å²) in [6, 6.07) is 13.0. The Morgan fingerprint density at radius 2 is 1.73 bits per heavy atom. The van der Waals surface area contributed by atoms with Crippen LogP contribution in [0.4, 0.5) is 5.69 Å². The minimum absolute atomic E-state index is 0.0282. The Bertz CT molecular complexity index is 1020. The smallest absolute Gasteiger partial charge is 0.240 e. The Balaban J connectivity index is 1.38. The maximum atomic E-state index is 12.7. The number of anilines is 1. The van der Waals surface area contributed by atoms with Crippen LogP contribution in [0.15, 0.2) is 47.4 Å². The molecule has 2 aliphatic rings. The fourth-order valence-electron chi connectivity index (χ4n) is 3.91. The average molecular weight is 430 g/mol. The van der Waals surface area contributed by atoms with Gasteiger partial charge in [0.25, 0.3) is 0 Å². The molecular weight excluding hydrogens is 402 g/mol. The Kier molecular flexibility index (Phi) is 6.19. The SMILES string of the molecule is CC(=O)N1CCc2cc(S(=O)(=O)NCc3ccc(CN4CCOCC4)cc3)ccc21. The number of ether oxygens (including phenoxy) is 1. The standard InChI is InChI=1S/C22H27N3O4S/c1-17(26)25-9-8-20-14-21(6-7-22(20)25)30(27,28)23-15-18-2-4-19(5-3-18)16-24-10-12-29-13-11-24/h2-7,14,23H,8-13,15-16H2,1H3. The number of sulfonamides is 1. The van der Waals surface area contributed by atoms with Crippen molar-refractivity contribution in [1.82, 2.24) is 9.62 Å². The Morgan fingerprint density at radius 3 is 2.43 bits per heavy atom. The van der Waals surface area contributed by atoms with E-state index in [9.17, 15) is 13.2 Å². The van der Waals surface area contributed by atoms with Crippen molar-refractivity contribution in [1.29, 1.82) is 0 Å². The molecule has 0 spiro atoms. The van der Waals surface area contributed by atoms with Crippen molar-refractivity contribution in [2.24, 2.45) is 0 Å². The molecule has 8 heteroatoms. The van der Waals surface area contributed by atoms with Gasteiger partial charge in [-0.25, -0.2) is 13.1 Å². The van der Waals surface area contributed by atoms with Crippen LogP contribution < -0.4 is 9.62 Å². The van der Waals surface area contributed by atoms with Gasteiger partial charge in [0.15, 0.2) is 0 Å². The number of nitrogens with one attached hydrogen (secondary N) is 1. The third kappa shape index (κ3) is 4.73. The number of nitrogens with zero attached hydrogens (tertiary/aromatic N) is 2. The largest absolute Gasteiger partial charge is 0.379 e. The van der Waals surface area contributed by atoms with Crippen molar-refractivity contribution in [3.05, 3.63) is 59.2 Å². The molecule has 2 aliphatic heterocycles. The quantitative estimate of drug-likeness (QED) is 0.759. The van der Waals surface area contributed by atoms with Gasteiger partial charge in [-0.05, 0) is 41.3 Å². The fraction of sp³-hybridized carbons (Fsp3) is 0.409. The molecular formula is C22H27N3O4S. The summed E-state index contributed by atoms with van der Waals surface area (Å²) in [5.41, 5.74) is 3.81. The lowest BCUT2D eigenvalue weighted by atomic mass is 10.1. The van der Waals surface area contributed by atoms with E-state index in [0.29, 0.717) is 13.0 Å². The molecule has 160 valence electrons. The molecule has 0 aromatic heterocycles. The number of fused-ring (bicyclic) bond motifs is 1. The molecule has 1 saturated heterocycles. The molecule has 1 N–H and O–H groups in total. The van der Waals surface area contributed by atoms with E-state index >= 15 is 0 Å². The van der Waals surface area contributed by atoms with E-state index in [1.165, 1.54) is 12.5 Å². The van der Waals surface area contributed by atoms with Gasteiger partial charge in [0.05, 0.1) is 18.1 Å². The molecule has 0 unspecified atom stereocenters. The first-order valence-corrected chi connectivity index (χ1v) is 11.7. The number of carbonyl (C=O) groups is 1. The monoisotopic (exact) mass is 429 g/mol. The predicted octanol–water partition coefficient (Wildman–Crippen LogP) is 1.91. The van der Waals surface area contributed by atoms with E-state index in [1.807, 2.05) is 24.3 Å². The van der Waals surface area contributed by atoms with Crippen molar-refractivity contribution in [3.63, 3.8) is 0 Å². The third-order valence-corrected chi connectivity index (χ3v) is 7.03. The minimum Gasteiger partial charge on any atom is -0.379 e. The summed E-state index contributed by atoms with van der Waals surface area (Å²) in [4.78, 5) is 15.9. The number of rotatable bonds is 6. The van der Waals surface area contributed by atoms with Crippen LogP contribution in [0.3, 0.4) is 0 Å². The molecule has 2 heterocycles. The molecule has 4 rings (SSSR count). The first-order valence-electron chi connectivity index (χ1n) is 10.2. The molecule has 7 nitrogen and oxygen atoms in total. The second kappa shape index (κ2) is 8.85. The van der Waals surface area contributed by atoms with Crippen LogP contribution >= 0.6 is 0 Å². The molecule has 2 aromatic rings. The zero-order chi connectivity index (χ0) is 21.1. The normalized spacial score (nSPS) is 17.2. The van der Waals surface area contributed by atoms with Gasteiger partial charge in [0.1, 0.15) is 0 Å². The third-order valence-electron chi connectivity index (χ3n) is 5.64. The van der Waals surface area contributed by atoms with Gasteiger partial charge in [0.2, 0.25) is 15.9 Å². The van der Waals surface area contributed by atoms with Crippen molar-refractivity contribution >= 4 is 21.6 Å². The summed E-state index contributed by atoms with van der Waals surface area (Å²) < 4.78 is 33.5. The van der Waals surface area contributed by atoms with Crippen molar-refractivity contribution in [3.8, 4) is 0 Å². The van der Waals surface area contributed by atoms with Gasteiger partial charge >= 0.3 is 0 Å². The van der Waals surface area contributed by atoms with Crippen LogP contribution in [0.5, 0.6) is 0 Å². The lowest BCUT2D eigenvalue weighted by Crippen LogP contribution is -2.35. The molecule has 2 aromatic carbocycles. The highest BCUT2D eigenvalue weighted by Gasteiger charge is 2.24. The van der Waals surface area contributed by atoms with Crippen LogP contribution in [0.25, 0.3) is 0 Å². The van der Waals surface area contributed by atoms with Crippen LogP contribution in [-0.4, -0.2) is 52.1 Å². The van der Waals surface area contributed by atoms with Crippen LogP contribution in [-0.2, 0) is 39.1 Å². The van der Waals surface area contributed by atoms with Gasteiger partial charge in [-0.2, -0.15) is 0 Å². The van der Waals surface area contributed by atoms with E-state index < -0.39 is 10.0 Å². The molecule has 30 heavy (non-hydrogen) atoms. The summed E-state index contributed by atoms with van der Waals surface area (Å²) in [5.74, 6) is -0.0282. The lowest BCUT2D eigenvalue weighted by Gasteiger charge is -2.26. The zero-order valence-corrected chi connectivity index (χ0v) is 18.0. The van der Waals surface area contributed by atoms with Gasteiger partial charge < -0.3 is 9.64 Å². The number of hydrogen-bond donors (Lipinski definition) is 1. The van der Waals surface area contributed by atoms with Crippen molar-refractivity contribution in [2.75, 3.05) is 37.7 Å². The topological polar surface area (TPSA) is 79.0 Å². The van der Waals surface area contributed by atoms with E-state index in [-0.39, 0.29) is 17.3 Å². The van der Waals surface area contributed by atoms with Gasteiger partial charge in [-0.15, -0.1) is 0 Å². The van der Waals surface area contributed by atoms with Gasteiger partial charge in [0, 0.05) is 45.3 Å². The Morgan fingerprint density at radius 1 is 1.03 bits per heavy atom. The predicted molar refractivity (Wildman–Crippen MR) is 115 cm³/mol. The lowest BCUT2D eigenvalue weighted by molar-refractivity contribution is -0.116. The van der Waals surface area contributed by atoms with Crippen molar-refractivity contribution in [2.45, 2.75) is 31.3 Å². The molecule has 0 radical (unpaired) electrons. The molecule has 0 saturated carbocycles. The second-order valence-electron chi connectivity index (χ2n) is 7.74. The number of amides is 1. The van der Waals surface area contributed by atoms with E-state index in [4.69, 9.17) is 4.74 Å². The number of carbonyl (C=O) groups excluding carboxylic acids is 1. The molecule has 1 fully saturated rings. The minimum atomic E-state index is -3.63. The first kappa shape index (κ1) is 21.0. The molecule has 1 amide bonds. The highest BCUT2D eigenvalue weighted by Crippen LogP contribution is 2.30. The highest BCUT2D eigenvalue weighted by atomic mass is 32.2. The maximum Gasteiger partial charge on any atom is 0.240 e. The van der Waals surface area contributed by atoms with Crippen LogP contribution in [0.2, 0.25) is 0 Å². The summed E-state index contributed by atoms with van der Waals surface area (Å²) in [5, 5.41) is 0. The average Bonchev–Trinajstić information content (AvgIpc) is 3.18. The van der Waals surface area contributed by atoms with Crippen molar-refractivity contribution < 1.29 is 17.9 Å². The maximum absolute atomic E-state index is 12.7.